The van der Waals surface area contributed by atoms with Crippen LogP contribution in [0.3, 0.4) is 0 Å². The van der Waals surface area contributed by atoms with Gasteiger partial charge >= 0.3 is 0 Å². The molecule has 0 amide bonds. The molecule has 3 heteroatoms. The van der Waals surface area contributed by atoms with E-state index in [9.17, 15) is 0 Å². The van der Waals surface area contributed by atoms with Crippen LogP contribution in [0, 0.1) is 27.7 Å². The molecule has 0 aliphatic heterocycles. The highest BCUT2D eigenvalue weighted by Gasteiger charge is 2.20. The first-order chi connectivity index (χ1) is 17.0. The second-order valence-electron chi connectivity index (χ2n) is 9.74. The first-order valence-corrected chi connectivity index (χ1v) is 12.1. The Morgan fingerprint density at radius 3 is 1.34 bits per heavy atom. The van der Waals surface area contributed by atoms with Gasteiger partial charge in [0.1, 0.15) is 0 Å². The molecule has 3 aromatic carbocycles. The predicted molar refractivity (Wildman–Crippen MR) is 147 cm³/mol. The van der Waals surface area contributed by atoms with Crippen molar-refractivity contribution >= 4 is 38.1 Å². The second kappa shape index (κ2) is 7.13. The van der Waals surface area contributed by atoms with E-state index in [-0.39, 0.29) is 0 Å². The highest BCUT2D eigenvalue weighted by atomic mass is 14.9. The highest BCUT2D eigenvalue weighted by Crippen LogP contribution is 2.41. The van der Waals surface area contributed by atoms with Crippen molar-refractivity contribution in [1.29, 1.82) is 0 Å². The molecule has 0 aliphatic carbocycles. The number of nitrogens with zero attached hydrogens (tertiary/aromatic N) is 3. The molecule has 0 saturated carbocycles. The minimum Gasteiger partial charge on any atom is -0.305 e. The lowest BCUT2D eigenvalue weighted by Crippen LogP contribution is -1.92. The summed E-state index contributed by atoms with van der Waals surface area (Å²) in [5.41, 5.74) is 13.0. The molecule has 0 radical (unpaired) electrons. The second-order valence-corrected chi connectivity index (χ2v) is 9.74. The minimum absolute atomic E-state index is 1.03. The molecular formula is C32H25N3. The predicted octanol–water partition coefficient (Wildman–Crippen LogP) is 8.19. The van der Waals surface area contributed by atoms with Crippen LogP contribution in [-0.2, 0) is 0 Å². The third-order valence-corrected chi connectivity index (χ3v) is 7.56. The van der Waals surface area contributed by atoms with Crippen LogP contribution in [0.4, 0.5) is 0 Å². The maximum Gasteiger partial charge on any atom is 0.0726 e. The summed E-state index contributed by atoms with van der Waals surface area (Å²) >= 11 is 0. The van der Waals surface area contributed by atoms with Crippen molar-refractivity contribution in [3.8, 4) is 22.5 Å². The molecule has 3 nitrogen and oxygen atoms in total. The number of para-hydroxylation sites is 1. The fourth-order valence-electron chi connectivity index (χ4n) is 5.98. The Hall–Kier alpha value is -4.24. The molecular weight excluding hydrogens is 426 g/mol. The number of aryl methyl sites for hydroxylation is 4. The van der Waals surface area contributed by atoms with E-state index < -0.39 is 0 Å². The molecule has 7 rings (SSSR count). The summed E-state index contributed by atoms with van der Waals surface area (Å²) in [7, 11) is 0. The Labute approximate surface area is 204 Å². The molecule has 4 aromatic heterocycles. The Morgan fingerprint density at radius 1 is 0.514 bits per heavy atom. The zero-order valence-corrected chi connectivity index (χ0v) is 20.3. The molecule has 0 spiro atoms. The van der Waals surface area contributed by atoms with Crippen LogP contribution in [0.1, 0.15) is 22.3 Å². The zero-order chi connectivity index (χ0) is 23.8. The van der Waals surface area contributed by atoms with Crippen LogP contribution in [0.2, 0.25) is 0 Å². The van der Waals surface area contributed by atoms with Crippen LogP contribution in [-0.4, -0.2) is 14.4 Å². The van der Waals surface area contributed by atoms with Crippen molar-refractivity contribution in [3.05, 3.63) is 101 Å². The van der Waals surface area contributed by atoms with E-state index in [1.807, 2.05) is 12.4 Å². The first-order valence-electron chi connectivity index (χ1n) is 12.1. The standard InChI is InChI=1S/C32H25N3/c1-18-8-5-9-19(2)30(18)26-14-24-22-12-7-13-23-25-15-27(31-20(3)10-6-11-21(31)4)34-17-29(25)35(32(22)23)28(24)16-33-26/h5-17H,1-4H3. The highest BCUT2D eigenvalue weighted by molar-refractivity contribution is 6.23. The van der Waals surface area contributed by atoms with E-state index in [0.29, 0.717) is 0 Å². The summed E-state index contributed by atoms with van der Waals surface area (Å²) in [5.74, 6) is 0. The molecule has 0 aliphatic rings. The monoisotopic (exact) mass is 451 g/mol. The van der Waals surface area contributed by atoms with E-state index in [4.69, 9.17) is 9.97 Å². The Kier molecular flexibility index (Phi) is 4.11. The van der Waals surface area contributed by atoms with Gasteiger partial charge in [-0.2, -0.15) is 0 Å². The lowest BCUT2D eigenvalue weighted by atomic mass is 9.98. The number of pyridine rings is 2. The number of benzene rings is 3. The van der Waals surface area contributed by atoms with Crippen LogP contribution in [0.15, 0.2) is 79.1 Å². The first kappa shape index (κ1) is 20.2. The maximum absolute atomic E-state index is 4.95. The summed E-state index contributed by atoms with van der Waals surface area (Å²) in [6, 6.07) is 24.0. The Balaban J connectivity index is 1.54. The van der Waals surface area contributed by atoms with E-state index in [0.717, 1.165) is 22.4 Å². The quantitative estimate of drug-likeness (QED) is 0.265. The van der Waals surface area contributed by atoms with Gasteiger partial charge in [0.2, 0.25) is 0 Å². The molecule has 0 unspecified atom stereocenters. The maximum atomic E-state index is 4.95. The average Bonchev–Trinajstić information content (AvgIpc) is 3.35. The summed E-state index contributed by atoms with van der Waals surface area (Å²) in [5, 5.41) is 4.99. The van der Waals surface area contributed by atoms with Gasteiger partial charge in [-0.05, 0) is 62.1 Å². The molecule has 168 valence electrons. The molecule has 4 heterocycles. The Morgan fingerprint density at radius 2 is 0.914 bits per heavy atom. The SMILES string of the molecule is Cc1cccc(C)c1-c1cc2c3cccc4c5cc(-c6c(C)cccc6C)ncc5n(c2cn1)c34. The minimum atomic E-state index is 1.03. The molecule has 0 bridgehead atoms. The summed E-state index contributed by atoms with van der Waals surface area (Å²) in [4.78, 5) is 9.89. The van der Waals surface area contributed by atoms with Gasteiger partial charge in [-0.15, -0.1) is 0 Å². The van der Waals surface area contributed by atoms with Gasteiger partial charge in [0.05, 0.1) is 40.3 Å². The lowest BCUT2D eigenvalue weighted by molar-refractivity contribution is 1.25. The molecule has 0 saturated heterocycles. The van der Waals surface area contributed by atoms with E-state index >= 15 is 0 Å². The number of fused-ring (bicyclic) bond motifs is 6. The lowest BCUT2D eigenvalue weighted by Gasteiger charge is -2.10. The topological polar surface area (TPSA) is 30.2 Å². The van der Waals surface area contributed by atoms with E-state index in [1.54, 1.807) is 0 Å². The van der Waals surface area contributed by atoms with Gasteiger partial charge in [-0.25, -0.2) is 0 Å². The van der Waals surface area contributed by atoms with Gasteiger partial charge < -0.3 is 4.40 Å². The Bertz CT molecular complexity index is 1760. The van der Waals surface area contributed by atoms with Gasteiger partial charge in [-0.1, -0.05) is 54.6 Å². The average molecular weight is 452 g/mol. The molecule has 0 N–H and O–H groups in total. The normalized spacial score (nSPS) is 12.0. The smallest absolute Gasteiger partial charge is 0.0726 e. The van der Waals surface area contributed by atoms with Crippen molar-refractivity contribution in [1.82, 2.24) is 14.4 Å². The molecule has 0 fully saturated rings. The van der Waals surface area contributed by atoms with Gasteiger partial charge in [0.15, 0.2) is 0 Å². The van der Waals surface area contributed by atoms with E-state index in [1.165, 1.54) is 60.4 Å². The zero-order valence-electron chi connectivity index (χ0n) is 20.3. The van der Waals surface area contributed by atoms with Crippen molar-refractivity contribution in [2.75, 3.05) is 0 Å². The van der Waals surface area contributed by atoms with Crippen LogP contribution in [0.5, 0.6) is 0 Å². The number of aromatic nitrogens is 3. The summed E-state index contributed by atoms with van der Waals surface area (Å²) in [6.07, 6.45) is 4.07. The van der Waals surface area contributed by atoms with Crippen LogP contribution in [0.25, 0.3) is 60.6 Å². The van der Waals surface area contributed by atoms with Gasteiger partial charge in [0.25, 0.3) is 0 Å². The fraction of sp³-hybridized carbons (Fsp3) is 0.125. The molecule has 7 aromatic rings. The fourth-order valence-corrected chi connectivity index (χ4v) is 5.98. The van der Waals surface area contributed by atoms with Crippen LogP contribution >= 0.6 is 0 Å². The molecule has 0 atom stereocenters. The third kappa shape index (κ3) is 2.72. The number of rotatable bonds is 2. The van der Waals surface area contributed by atoms with E-state index in [2.05, 4.69) is 98.8 Å². The van der Waals surface area contributed by atoms with Gasteiger partial charge in [0, 0.05) is 32.7 Å². The third-order valence-electron chi connectivity index (χ3n) is 7.56. The van der Waals surface area contributed by atoms with Crippen molar-refractivity contribution < 1.29 is 0 Å². The number of hydrogen-bond donors (Lipinski definition) is 0. The van der Waals surface area contributed by atoms with Crippen molar-refractivity contribution in [2.45, 2.75) is 27.7 Å². The number of hydrogen-bond acceptors (Lipinski definition) is 2. The van der Waals surface area contributed by atoms with Crippen LogP contribution < -0.4 is 0 Å². The van der Waals surface area contributed by atoms with Gasteiger partial charge in [-0.3, -0.25) is 9.97 Å². The molecule has 35 heavy (non-hydrogen) atoms. The van der Waals surface area contributed by atoms with Crippen molar-refractivity contribution in [3.63, 3.8) is 0 Å². The largest absolute Gasteiger partial charge is 0.305 e. The summed E-state index contributed by atoms with van der Waals surface area (Å²) < 4.78 is 2.35. The van der Waals surface area contributed by atoms with Crippen molar-refractivity contribution in [2.24, 2.45) is 0 Å². The summed E-state index contributed by atoms with van der Waals surface area (Å²) in [6.45, 7) is 8.64.